The number of rotatable bonds is 10. The van der Waals surface area contributed by atoms with E-state index < -0.39 is 11.4 Å². The zero-order valence-electron chi connectivity index (χ0n) is 45.5. The highest BCUT2D eigenvalue weighted by Gasteiger charge is 2.43. The topological polar surface area (TPSA) is 122 Å². The monoisotopic (exact) mass is 1010 g/mol. The normalized spacial score (nSPS) is 21.1. The fourth-order valence-corrected chi connectivity index (χ4v) is 11.9. The van der Waals surface area contributed by atoms with Crippen LogP contribution in [0.2, 0.25) is 0 Å². The van der Waals surface area contributed by atoms with Crippen molar-refractivity contribution >= 4 is 40.0 Å². The van der Waals surface area contributed by atoms with Crippen LogP contribution in [-0.4, -0.2) is 66.8 Å². The largest absolute Gasteiger partial charge is 0.490 e. The summed E-state index contributed by atoms with van der Waals surface area (Å²) in [6.45, 7) is 18.9. The van der Waals surface area contributed by atoms with Crippen LogP contribution in [0.1, 0.15) is 152 Å². The molecule has 2 saturated heterocycles. The van der Waals surface area contributed by atoms with Crippen LogP contribution in [0.3, 0.4) is 0 Å². The number of hydrogen-bond acceptors (Lipinski definition) is 8. The summed E-state index contributed by atoms with van der Waals surface area (Å²) >= 11 is 0. The molecular formula is C66H82N2O7. The number of piperidine rings is 2. The summed E-state index contributed by atoms with van der Waals surface area (Å²) in [5.41, 5.74) is 4.44. The van der Waals surface area contributed by atoms with Crippen LogP contribution >= 0.6 is 0 Å². The van der Waals surface area contributed by atoms with Gasteiger partial charge >= 0.3 is 12.1 Å². The minimum atomic E-state index is -0.774. The van der Waals surface area contributed by atoms with Crippen molar-refractivity contribution in [2.24, 2.45) is 22.7 Å². The van der Waals surface area contributed by atoms with Crippen molar-refractivity contribution in [3.05, 3.63) is 156 Å². The molecule has 0 unspecified atom stereocenters. The first-order valence-corrected chi connectivity index (χ1v) is 27.7. The highest BCUT2D eigenvalue weighted by molar-refractivity contribution is 5.90. The van der Waals surface area contributed by atoms with Crippen molar-refractivity contribution in [3.63, 3.8) is 0 Å². The van der Waals surface area contributed by atoms with Gasteiger partial charge in [0.05, 0.1) is 17.6 Å². The molecule has 0 aromatic heterocycles. The molecule has 2 aliphatic heterocycles. The van der Waals surface area contributed by atoms with Gasteiger partial charge in [0.1, 0.15) is 17.8 Å². The van der Waals surface area contributed by atoms with E-state index in [0.717, 1.165) is 97.2 Å². The molecule has 2 aliphatic carbocycles. The first-order valence-electron chi connectivity index (χ1n) is 27.7. The Morgan fingerprint density at radius 3 is 1.55 bits per heavy atom. The van der Waals surface area contributed by atoms with Crippen LogP contribution in [0.4, 0.5) is 0 Å². The van der Waals surface area contributed by atoms with Crippen LogP contribution in [0.15, 0.2) is 133 Å². The van der Waals surface area contributed by atoms with Crippen LogP contribution < -0.4 is 14.8 Å². The third-order valence-electron chi connectivity index (χ3n) is 16.7. The first kappa shape index (κ1) is 56.6. The number of likely N-dealkylation sites (tertiary alicyclic amines) is 1. The van der Waals surface area contributed by atoms with E-state index in [0.29, 0.717) is 41.4 Å². The highest BCUT2D eigenvalue weighted by atomic mass is 16.5. The molecule has 0 radical (unpaired) electrons. The lowest BCUT2D eigenvalue weighted by Gasteiger charge is -2.39. The molecule has 0 atom stereocenters. The fourth-order valence-electron chi connectivity index (χ4n) is 11.9. The fraction of sp³-hybridized carbons (Fsp3) is 0.470. The lowest BCUT2D eigenvalue weighted by Crippen LogP contribution is -2.47. The van der Waals surface area contributed by atoms with Gasteiger partial charge < -0.3 is 19.9 Å². The number of aldehydes is 1. The number of carboxylic acid groups (broad SMARTS) is 1. The summed E-state index contributed by atoms with van der Waals surface area (Å²) in [6, 6.07) is 45.6. The van der Waals surface area contributed by atoms with E-state index in [9.17, 15) is 14.7 Å². The second-order valence-electron chi connectivity index (χ2n) is 23.7. The van der Waals surface area contributed by atoms with Gasteiger partial charge in [0.15, 0.2) is 0 Å². The smallest absolute Gasteiger partial charge is 0.373 e. The highest BCUT2D eigenvalue weighted by Crippen LogP contribution is 2.41. The third kappa shape index (κ3) is 16.0. The number of carbonyl (C=O) groups is 2. The Labute approximate surface area is 446 Å². The van der Waals surface area contributed by atoms with E-state index in [2.05, 4.69) is 125 Å². The number of benzene rings is 6. The molecule has 9 nitrogen and oxygen atoms in total. The molecule has 4 aliphatic rings. The van der Waals surface area contributed by atoms with Gasteiger partial charge in [-0.05, 0) is 206 Å². The standard InChI is InChI=1S/C33H41NO3.C21H26O2.C11H15N.CO2/c1-32(2,3)27-12-15-29(16-13-27)37-30-14-11-25-21-24(9-10-26(25)22-30)23-34-19-17-33(18-20-34,31(35)36)28-7-5-4-6-8-28;1-21(2,3)18-7-10-19(11-8-18)23-20-9-6-16-12-15(14-22)4-5-17(16)13-20;1-2-4-10(5-3-1)11-6-8-12-9-7-11;2-1-3/h4-11,14,21-22,27,29H,12-13,15-20,23H2,1-3H3,(H,35,36);4-6,9,12-14,18-19H,7-8,10-11H2,1-3H3;1-5,11-12H,6-9H2;. The molecule has 0 bridgehead atoms. The maximum Gasteiger partial charge on any atom is 0.373 e. The molecule has 10 rings (SSSR count). The van der Waals surface area contributed by atoms with Crippen LogP contribution in [-0.2, 0) is 26.3 Å². The maximum atomic E-state index is 12.3. The molecule has 6 aromatic carbocycles. The molecule has 0 spiro atoms. The van der Waals surface area contributed by atoms with Crippen LogP contribution in [0.25, 0.3) is 21.5 Å². The average molecular weight is 1020 g/mol. The first-order chi connectivity index (χ1) is 36.1. The van der Waals surface area contributed by atoms with E-state index in [1.807, 2.05) is 60.7 Å². The molecule has 6 aromatic rings. The molecule has 2 heterocycles. The van der Waals surface area contributed by atoms with Gasteiger partial charge in [-0.25, -0.2) is 0 Å². The Balaban J connectivity index is 0.000000182. The van der Waals surface area contributed by atoms with E-state index in [4.69, 9.17) is 19.1 Å². The summed E-state index contributed by atoms with van der Waals surface area (Å²) in [5.74, 6) is 3.61. The number of hydrogen-bond donors (Lipinski definition) is 2. The lowest BCUT2D eigenvalue weighted by molar-refractivity contribution is -0.191. The Morgan fingerprint density at radius 1 is 0.613 bits per heavy atom. The zero-order chi connectivity index (χ0) is 53.4. The van der Waals surface area contributed by atoms with E-state index in [-0.39, 0.29) is 6.15 Å². The average Bonchev–Trinajstić information content (AvgIpc) is 3.42. The summed E-state index contributed by atoms with van der Waals surface area (Å²) in [7, 11) is 0. The molecule has 2 saturated carbocycles. The number of fused-ring (bicyclic) bond motifs is 2. The second kappa shape index (κ2) is 26.6. The number of aliphatic carboxylic acids is 1. The lowest BCUT2D eigenvalue weighted by atomic mass is 9.72. The van der Waals surface area contributed by atoms with Gasteiger partial charge in [0.2, 0.25) is 0 Å². The third-order valence-corrected chi connectivity index (χ3v) is 16.7. The van der Waals surface area contributed by atoms with Gasteiger partial charge in [-0.2, -0.15) is 9.59 Å². The molecule has 4 fully saturated rings. The minimum absolute atomic E-state index is 0.250. The number of carbonyl (C=O) groups excluding carboxylic acids is 3. The van der Waals surface area contributed by atoms with Crippen molar-refractivity contribution in [1.29, 1.82) is 0 Å². The van der Waals surface area contributed by atoms with Gasteiger partial charge in [0.25, 0.3) is 0 Å². The summed E-state index contributed by atoms with van der Waals surface area (Å²) in [5, 5.41) is 18.1. The van der Waals surface area contributed by atoms with E-state index in [1.165, 1.54) is 73.5 Å². The molecule has 75 heavy (non-hydrogen) atoms. The molecule has 9 heteroatoms. The summed E-state index contributed by atoms with van der Waals surface area (Å²) < 4.78 is 12.6. The van der Waals surface area contributed by atoms with E-state index >= 15 is 0 Å². The van der Waals surface area contributed by atoms with Crippen LogP contribution in [0, 0.1) is 22.7 Å². The zero-order valence-corrected chi connectivity index (χ0v) is 45.5. The SMILES string of the molecule is CC(C)(C)C1CCC(Oc2ccc3cc(C=O)ccc3c2)CC1.CC(C)(C)C1CCC(Oc2ccc3cc(CN4CCC(C(=O)O)(c5ccccc5)CC4)ccc3c2)CC1.O=C=O.c1ccc(C2CCNCC2)cc1. The molecule has 0 amide bonds. The van der Waals surface area contributed by atoms with Crippen molar-refractivity contribution in [2.45, 2.75) is 149 Å². The Morgan fingerprint density at radius 2 is 1.07 bits per heavy atom. The Bertz CT molecular complexity index is 2760. The van der Waals surface area contributed by atoms with Crippen molar-refractivity contribution in [3.8, 4) is 11.5 Å². The minimum Gasteiger partial charge on any atom is -0.490 e. The number of ether oxygens (including phenoxy) is 2. The summed E-state index contributed by atoms with van der Waals surface area (Å²) in [4.78, 5) is 41.8. The van der Waals surface area contributed by atoms with Crippen molar-refractivity contribution in [2.75, 3.05) is 26.2 Å². The Hall–Kier alpha value is -6.12. The molecule has 398 valence electrons. The number of nitrogens with zero attached hydrogens (tertiary/aromatic N) is 1. The van der Waals surface area contributed by atoms with Crippen molar-refractivity contribution in [1.82, 2.24) is 10.2 Å². The number of carboxylic acids is 1. The Kier molecular flexibility index (Phi) is 20.1. The number of nitrogens with one attached hydrogen (secondary N) is 1. The van der Waals surface area contributed by atoms with Gasteiger partial charge in [-0.1, -0.05) is 139 Å². The molecular weight excluding hydrogens is 933 g/mol. The van der Waals surface area contributed by atoms with Crippen molar-refractivity contribution < 1.29 is 33.8 Å². The quantitative estimate of drug-likeness (QED) is 0.129. The summed E-state index contributed by atoms with van der Waals surface area (Å²) in [6.07, 6.45) is 15.2. The van der Waals surface area contributed by atoms with Gasteiger partial charge in [0, 0.05) is 12.1 Å². The van der Waals surface area contributed by atoms with Gasteiger partial charge in [-0.3, -0.25) is 14.5 Å². The van der Waals surface area contributed by atoms with E-state index in [1.54, 1.807) is 0 Å². The van der Waals surface area contributed by atoms with Gasteiger partial charge in [-0.15, -0.1) is 0 Å². The van der Waals surface area contributed by atoms with Crippen LogP contribution in [0.5, 0.6) is 11.5 Å². The second-order valence-corrected chi connectivity index (χ2v) is 23.7. The molecule has 2 N–H and O–H groups in total. The maximum absolute atomic E-state index is 12.3. The predicted molar refractivity (Wildman–Crippen MR) is 302 cm³/mol. The predicted octanol–water partition coefficient (Wildman–Crippen LogP) is 14.6.